The van der Waals surface area contributed by atoms with Gasteiger partial charge in [0.15, 0.2) is 5.76 Å². The van der Waals surface area contributed by atoms with Crippen LogP contribution in [0.3, 0.4) is 0 Å². The zero-order chi connectivity index (χ0) is 20.6. The average molecular weight is 407 g/mol. The van der Waals surface area contributed by atoms with Gasteiger partial charge in [-0.2, -0.15) is 13.2 Å². The number of fused-ring (bicyclic) bond motifs is 2. The number of amides is 2. The summed E-state index contributed by atoms with van der Waals surface area (Å²) in [6, 6.07) is 9.01. The van der Waals surface area contributed by atoms with E-state index in [1.807, 2.05) is 0 Å². The second-order valence-corrected chi connectivity index (χ2v) is 7.52. The predicted molar refractivity (Wildman–Crippen MR) is 99.2 cm³/mol. The maximum atomic E-state index is 12.5. The minimum Gasteiger partial charge on any atom is -0.451 e. The highest BCUT2D eigenvalue weighted by molar-refractivity contribution is 5.95. The van der Waals surface area contributed by atoms with E-state index >= 15 is 0 Å². The molecule has 29 heavy (non-hydrogen) atoms. The Morgan fingerprint density at radius 1 is 1.14 bits per heavy atom. The molecule has 0 aliphatic carbocycles. The molecule has 2 aliphatic heterocycles. The van der Waals surface area contributed by atoms with E-state index in [-0.39, 0.29) is 23.4 Å². The maximum absolute atomic E-state index is 12.5. The number of carbonyl (C=O) groups excluding carboxylic acids is 2. The highest BCUT2D eigenvalue weighted by atomic mass is 19.4. The van der Waals surface area contributed by atoms with Crippen LogP contribution in [0.2, 0.25) is 0 Å². The van der Waals surface area contributed by atoms with Crippen molar-refractivity contribution in [3.8, 4) is 11.3 Å². The van der Waals surface area contributed by atoms with Crippen molar-refractivity contribution in [1.82, 2.24) is 10.2 Å². The van der Waals surface area contributed by atoms with Crippen LogP contribution >= 0.6 is 0 Å². The number of anilines is 1. The van der Waals surface area contributed by atoms with Crippen molar-refractivity contribution >= 4 is 17.5 Å². The third kappa shape index (κ3) is 4.45. The normalized spacial score (nSPS) is 23.6. The van der Waals surface area contributed by atoms with Crippen LogP contribution in [-0.4, -0.2) is 48.6 Å². The molecule has 1 aromatic heterocycles. The number of hydrogen-bond donors (Lipinski definition) is 2. The zero-order valence-electron chi connectivity index (χ0n) is 15.5. The van der Waals surface area contributed by atoms with E-state index in [4.69, 9.17) is 4.42 Å². The Kier molecular flexibility index (Phi) is 5.08. The molecule has 0 saturated carbocycles. The van der Waals surface area contributed by atoms with Crippen LogP contribution in [-0.2, 0) is 4.79 Å². The summed E-state index contributed by atoms with van der Waals surface area (Å²) in [5.74, 6) is -1.28. The van der Waals surface area contributed by atoms with Crippen molar-refractivity contribution < 1.29 is 27.2 Å². The fourth-order valence-electron chi connectivity index (χ4n) is 3.99. The molecule has 2 aromatic rings. The lowest BCUT2D eigenvalue weighted by Crippen LogP contribution is -2.46. The zero-order valence-corrected chi connectivity index (χ0v) is 15.5. The van der Waals surface area contributed by atoms with Crippen LogP contribution in [0.25, 0.3) is 11.3 Å². The molecule has 2 fully saturated rings. The van der Waals surface area contributed by atoms with Gasteiger partial charge in [-0.3, -0.25) is 9.59 Å². The Bertz CT molecular complexity index is 913. The van der Waals surface area contributed by atoms with E-state index in [1.54, 1.807) is 17.4 Å². The van der Waals surface area contributed by atoms with Gasteiger partial charge in [0.2, 0.25) is 0 Å². The smallest absolute Gasteiger partial charge is 0.451 e. The van der Waals surface area contributed by atoms with Crippen LogP contribution in [0.4, 0.5) is 18.9 Å². The molecular weight excluding hydrogens is 387 g/mol. The lowest BCUT2D eigenvalue weighted by molar-refractivity contribution is -0.167. The highest BCUT2D eigenvalue weighted by Crippen LogP contribution is 2.28. The highest BCUT2D eigenvalue weighted by Gasteiger charge is 2.38. The number of carbonyl (C=O) groups is 2. The van der Waals surface area contributed by atoms with Gasteiger partial charge in [0.05, 0.1) is 0 Å². The predicted octanol–water partition coefficient (Wildman–Crippen LogP) is 3.27. The van der Waals surface area contributed by atoms with E-state index in [0.717, 1.165) is 26.1 Å². The minimum atomic E-state index is -4.97. The molecule has 3 atom stereocenters. The first kappa shape index (κ1) is 19.5. The van der Waals surface area contributed by atoms with Gasteiger partial charge in [-0.05, 0) is 49.6 Å². The molecule has 154 valence electrons. The molecule has 6 nitrogen and oxygen atoms in total. The summed E-state index contributed by atoms with van der Waals surface area (Å²) < 4.78 is 42.9. The van der Waals surface area contributed by atoms with Crippen LogP contribution in [0, 0.1) is 5.92 Å². The van der Waals surface area contributed by atoms with Crippen LogP contribution in [0.15, 0.2) is 40.8 Å². The quantitative estimate of drug-likeness (QED) is 0.816. The number of furan rings is 1. The summed E-state index contributed by atoms with van der Waals surface area (Å²) in [4.78, 5) is 25.9. The van der Waals surface area contributed by atoms with Crippen molar-refractivity contribution in [1.29, 1.82) is 0 Å². The summed E-state index contributed by atoms with van der Waals surface area (Å²) in [5, 5.41) is 4.80. The van der Waals surface area contributed by atoms with Gasteiger partial charge < -0.3 is 20.0 Å². The van der Waals surface area contributed by atoms with Gasteiger partial charge in [0.25, 0.3) is 5.91 Å². The molecule has 2 N–H and O–H groups in total. The molecule has 1 aromatic carbocycles. The third-order valence-electron chi connectivity index (χ3n) is 5.29. The first-order valence-electron chi connectivity index (χ1n) is 9.39. The number of rotatable bonds is 4. The molecule has 2 saturated heterocycles. The van der Waals surface area contributed by atoms with E-state index in [9.17, 15) is 22.8 Å². The lowest BCUT2D eigenvalue weighted by atomic mass is 9.97. The Hall–Kier alpha value is -2.81. The van der Waals surface area contributed by atoms with Crippen molar-refractivity contribution in [2.75, 3.05) is 25.0 Å². The summed E-state index contributed by atoms with van der Waals surface area (Å²) in [7, 11) is 0. The van der Waals surface area contributed by atoms with Gasteiger partial charge >= 0.3 is 12.1 Å². The standard InChI is InChI=1S/C20H20F3N3O3/c21-20(22,23)19(28)25-14-3-1-2-13(9-14)16-4-5-17(29-16)18(27)24-15-8-12-6-7-26(10-12)11-15/h1-5,9,12,15H,6-8,10-11H2,(H,24,27)(H,25,28)/t12-,15-/m1/s1. The number of nitrogens with zero attached hydrogens (tertiary/aromatic N) is 1. The van der Waals surface area contributed by atoms with Crippen molar-refractivity contribution in [2.24, 2.45) is 5.92 Å². The Morgan fingerprint density at radius 2 is 1.97 bits per heavy atom. The molecule has 0 spiro atoms. The van der Waals surface area contributed by atoms with Crippen molar-refractivity contribution in [3.63, 3.8) is 0 Å². The first-order valence-corrected chi connectivity index (χ1v) is 9.39. The number of hydrogen-bond acceptors (Lipinski definition) is 4. The molecule has 9 heteroatoms. The largest absolute Gasteiger partial charge is 0.471 e. The Labute approximate surface area is 165 Å². The molecule has 2 aliphatic rings. The second-order valence-electron chi connectivity index (χ2n) is 7.52. The number of benzene rings is 1. The number of nitrogens with one attached hydrogen (secondary N) is 2. The van der Waals surface area contributed by atoms with Crippen molar-refractivity contribution in [2.45, 2.75) is 25.1 Å². The van der Waals surface area contributed by atoms with E-state index in [2.05, 4.69) is 10.2 Å². The van der Waals surface area contributed by atoms with Crippen LogP contribution in [0.5, 0.6) is 0 Å². The van der Waals surface area contributed by atoms with E-state index in [1.165, 1.54) is 30.7 Å². The Balaban J connectivity index is 1.43. The summed E-state index contributed by atoms with van der Waals surface area (Å²) >= 11 is 0. The summed E-state index contributed by atoms with van der Waals surface area (Å²) in [6.45, 7) is 3.00. The summed E-state index contributed by atoms with van der Waals surface area (Å²) in [5.41, 5.74) is 0.435. The molecule has 1 unspecified atom stereocenters. The molecule has 2 amide bonds. The minimum absolute atomic E-state index is 0.0149. The average Bonchev–Trinajstić information content (AvgIpc) is 3.28. The van der Waals surface area contributed by atoms with Gasteiger partial charge in [0.1, 0.15) is 5.76 Å². The Morgan fingerprint density at radius 3 is 2.72 bits per heavy atom. The SMILES string of the molecule is O=C(N[C@@H]1C[C@H]2CCN(C2)C1)c1ccc(-c2cccc(NC(=O)C(F)(F)F)c2)o1. The number of alkyl halides is 3. The molecule has 2 bridgehead atoms. The van der Waals surface area contributed by atoms with Crippen LogP contribution in [0.1, 0.15) is 23.4 Å². The molecular formula is C20H20F3N3O3. The molecule has 4 rings (SSSR count). The lowest BCUT2D eigenvalue weighted by Gasteiger charge is -2.30. The van der Waals surface area contributed by atoms with Gasteiger partial charge in [0, 0.05) is 30.4 Å². The van der Waals surface area contributed by atoms with Gasteiger partial charge in [-0.25, -0.2) is 0 Å². The third-order valence-corrected chi connectivity index (χ3v) is 5.29. The van der Waals surface area contributed by atoms with E-state index < -0.39 is 12.1 Å². The van der Waals surface area contributed by atoms with Crippen LogP contribution < -0.4 is 10.6 Å². The van der Waals surface area contributed by atoms with E-state index in [0.29, 0.717) is 17.2 Å². The molecule has 3 heterocycles. The molecule has 0 radical (unpaired) electrons. The topological polar surface area (TPSA) is 74.6 Å². The number of halogens is 3. The summed E-state index contributed by atoms with van der Waals surface area (Å²) in [6.07, 6.45) is -2.85. The number of piperidine rings is 1. The second kappa shape index (κ2) is 7.55. The fraction of sp³-hybridized carbons (Fsp3) is 0.400. The monoisotopic (exact) mass is 407 g/mol. The van der Waals surface area contributed by atoms with Crippen molar-refractivity contribution in [3.05, 3.63) is 42.2 Å². The maximum Gasteiger partial charge on any atom is 0.471 e. The first-order chi connectivity index (χ1) is 13.8. The fourth-order valence-corrected chi connectivity index (χ4v) is 3.99. The van der Waals surface area contributed by atoms with Gasteiger partial charge in [-0.1, -0.05) is 12.1 Å². The van der Waals surface area contributed by atoms with Gasteiger partial charge in [-0.15, -0.1) is 0 Å².